The number of hydrogen-bond donors (Lipinski definition) is 4. The number of nitrogens with two attached hydrogens (primary N) is 1. The van der Waals surface area contributed by atoms with Gasteiger partial charge in [-0.2, -0.15) is 4.99 Å². The van der Waals surface area contributed by atoms with Crippen molar-refractivity contribution >= 4 is 41.2 Å². The Morgan fingerprint density at radius 3 is 2.33 bits per heavy atom. The molecular weight excluding hydrogens is 630 g/mol. The number of nitrogens with one attached hydrogen (secondary N) is 3. The van der Waals surface area contributed by atoms with Gasteiger partial charge in [0.15, 0.2) is 5.82 Å². The van der Waals surface area contributed by atoms with E-state index in [1.165, 1.54) is 36.7 Å². The second-order valence-corrected chi connectivity index (χ2v) is 11.2. The first-order valence-corrected chi connectivity index (χ1v) is 15.3. The number of hydrogen-bond acceptors (Lipinski definition) is 9. The highest BCUT2D eigenvalue weighted by molar-refractivity contribution is 6.02. The number of carbonyl (C=O) groups excluding carboxylic acids is 4. The zero-order valence-electron chi connectivity index (χ0n) is 27.5. The van der Waals surface area contributed by atoms with Gasteiger partial charge in [-0.25, -0.2) is 9.78 Å². The Balaban J connectivity index is 1.50. The van der Waals surface area contributed by atoms with E-state index in [0.717, 1.165) is 11.1 Å². The van der Waals surface area contributed by atoms with Gasteiger partial charge in [-0.05, 0) is 37.1 Å². The summed E-state index contributed by atoms with van der Waals surface area (Å²) < 4.78 is 11.6. The van der Waals surface area contributed by atoms with Crippen molar-refractivity contribution in [1.29, 1.82) is 0 Å². The fraction of sp³-hybridized carbons (Fsp3) is 0.229. The van der Waals surface area contributed by atoms with Crippen LogP contribution in [-0.2, 0) is 38.8 Å². The smallest absolute Gasteiger partial charge is 0.435 e. The van der Waals surface area contributed by atoms with Crippen molar-refractivity contribution in [3.8, 4) is 17.0 Å². The minimum Gasteiger partial charge on any atom is -0.443 e. The molecule has 254 valence electrons. The molecule has 1 heterocycles. The number of anilines is 2. The lowest BCUT2D eigenvalue weighted by atomic mass is 10.1. The van der Waals surface area contributed by atoms with Crippen molar-refractivity contribution in [2.75, 3.05) is 10.6 Å². The Morgan fingerprint density at radius 2 is 1.67 bits per heavy atom. The van der Waals surface area contributed by atoms with Crippen LogP contribution >= 0.6 is 0 Å². The van der Waals surface area contributed by atoms with E-state index in [0.29, 0.717) is 16.8 Å². The normalized spacial score (nSPS) is 11.1. The van der Waals surface area contributed by atoms with Gasteiger partial charge in [-0.15, -0.1) is 0 Å². The Hall–Kier alpha value is -6.31. The lowest BCUT2D eigenvalue weighted by Crippen LogP contribution is -2.35. The molecule has 0 unspecified atom stereocenters. The van der Waals surface area contributed by atoms with E-state index < -0.39 is 23.5 Å². The minimum absolute atomic E-state index is 0.0246. The fourth-order valence-corrected chi connectivity index (χ4v) is 4.60. The number of carbonyl (C=O) groups is 4. The first-order valence-electron chi connectivity index (χ1n) is 15.3. The molecule has 0 spiro atoms. The molecule has 0 bridgehead atoms. The SMILES string of the molecule is CC(=O)Nc1cc(OC(C)=O)cc(-c2cnc(NC(C)C)c(=O)n2CC(=O)NCc2ccc(/C(N)=N/C(=O)OCc3ccccc3)cc2)c1. The van der Waals surface area contributed by atoms with Gasteiger partial charge in [0, 0.05) is 49.3 Å². The molecule has 0 fully saturated rings. The van der Waals surface area contributed by atoms with E-state index in [1.54, 1.807) is 30.3 Å². The number of aliphatic imine (C=N–C) groups is 1. The summed E-state index contributed by atoms with van der Waals surface area (Å²) in [5, 5.41) is 8.43. The predicted molar refractivity (Wildman–Crippen MR) is 184 cm³/mol. The molecule has 0 aliphatic carbocycles. The highest BCUT2D eigenvalue weighted by Crippen LogP contribution is 2.29. The standard InChI is InChI=1S/C35H37N7O7/c1-21(2)39-33-34(46)42(30(18-38-33)27-14-28(40-22(3)43)16-29(15-27)49-23(4)44)19-31(45)37-17-24-10-12-26(13-11-24)32(36)41-35(47)48-20-25-8-6-5-7-9-25/h5-16,18,21H,17,19-20H2,1-4H3,(H,37,45)(H,38,39)(H,40,43)(H2,36,41,47). The van der Waals surface area contributed by atoms with Crippen molar-refractivity contribution in [3.05, 3.63) is 106 Å². The van der Waals surface area contributed by atoms with E-state index in [1.807, 2.05) is 44.2 Å². The van der Waals surface area contributed by atoms with Crippen LogP contribution in [0, 0.1) is 0 Å². The van der Waals surface area contributed by atoms with E-state index in [-0.39, 0.29) is 54.7 Å². The molecule has 1 aromatic heterocycles. The van der Waals surface area contributed by atoms with Crippen LogP contribution in [0.3, 0.4) is 0 Å². The van der Waals surface area contributed by atoms with Gasteiger partial charge in [0.25, 0.3) is 5.56 Å². The zero-order valence-corrected chi connectivity index (χ0v) is 27.5. The van der Waals surface area contributed by atoms with Gasteiger partial charge < -0.3 is 31.2 Å². The molecule has 3 amide bonds. The van der Waals surface area contributed by atoms with Crippen LogP contribution in [0.15, 0.2) is 88.8 Å². The maximum atomic E-state index is 13.6. The second kappa shape index (κ2) is 16.5. The Labute approximate surface area is 282 Å². The molecule has 14 heteroatoms. The van der Waals surface area contributed by atoms with Crippen molar-refractivity contribution < 1.29 is 28.7 Å². The summed E-state index contributed by atoms with van der Waals surface area (Å²) in [5.74, 6) is -1.27. The summed E-state index contributed by atoms with van der Waals surface area (Å²) in [7, 11) is 0. The van der Waals surface area contributed by atoms with E-state index in [4.69, 9.17) is 15.2 Å². The molecule has 0 saturated heterocycles. The number of esters is 1. The van der Waals surface area contributed by atoms with Crippen molar-refractivity contribution in [2.45, 2.75) is 53.4 Å². The summed E-state index contributed by atoms with van der Waals surface area (Å²) >= 11 is 0. The van der Waals surface area contributed by atoms with E-state index in [2.05, 4.69) is 25.9 Å². The molecule has 0 saturated carbocycles. The maximum Gasteiger partial charge on any atom is 0.435 e. The van der Waals surface area contributed by atoms with Gasteiger partial charge in [0.1, 0.15) is 24.7 Å². The zero-order chi connectivity index (χ0) is 35.5. The number of benzene rings is 3. The van der Waals surface area contributed by atoms with Crippen LogP contribution in [0.1, 0.15) is 44.4 Å². The first-order chi connectivity index (χ1) is 23.4. The van der Waals surface area contributed by atoms with Crippen LogP contribution in [-0.4, -0.2) is 45.3 Å². The van der Waals surface area contributed by atoms with Gasteiger partial charge in [-0.3, -0.25) is 23.7 Å². The summed E-state index contributed by atoms with van der Waals surface area (Å²) in [5.41, 5.74) is 8.40. The van der Waals surface area contributed by atoms with Gasteiger partial charge in [0.2, 0.25) is 11.8 Å². The van der Waals surface area contributed by atoms with Gasteiger partial charge in [0.05, 0.1) is 11.9 Å². The molecule has 0 atom stereocenters. The number of rotatable bonds is 12. The van der Waals surface area contributed by atoms with Crippen molar-refractivity contribution in [2.24, 2.45) is 10.7 Å². The van der Waals surface area contributed by atoms with Gasteiger partial charge >= 0.3 is 12.1 Å². The average molecular weight is 668 g/mol. The average Bonchev–Trinajstić information content (AvgIpc) is 3.04. The fourth-order valence-electron chi connectivity index (χ4n) is 4.60. The third kappa shape index (κ3) is 10.6. The van der Waals surface area contributed by atoms with E-state index in [9.17, 15) is 24.0 Å². The Kier molecular flexibility index (Phi) is 12.0. The maximum absolute atomic E-state index is 13.6. The van der Waals surface area contributed by atoms with Crippen LogP contribution in [0.5, 0.6) is 5.75 Å². The van der Waals surface area contributed by atoms with Crippen molar-refractivity contribution in [3.63, 3.8) is 0 Å². The third-order valence-electron chi connectivity index (χ3n) is 6.72. The predicted octanol–water partition coefficient (Wildman–Crippen LogP) is 3.97. The number of amides is 3. The van der Waals surface area contributed by atoms with Gasteiger partial charge in [-0.1, -0.05) is 54.6 Å². The van der Waals surface area contributed by atoms with Crippen LogP contribution < -0.4 is 32.0 Å². The molecule has 14 nitrogen and oxygen atoms in total. The topological polar surface area (TPSA) is 196 Å². The van der Waals surface area contributed by atoms with Crippen molar-refractivity contribution in [1.82, 2.24) is 14.9 Å². The first kappa shape index (κ1) is 35.5. The molecule has 5 N–H and O–H groups in total. The highest BCUT2D eigenvalue weighted by Gasteiger charge is 2.18. The lowest BCUT2D eigenvalue weighted by molar-refractivity contribution is -0.132. The Bertz CT molecular complexity index is 1890. The quantitative estimate of drug-likeness (QED) is 0.0743. The Morgan fingerprint density at radius 1 is 0.959 bits per heavy atom. The number of aromatic nitrogens is 2. The van der Waals surface area contributed by atoms with Crippen LogP contribution in [0.2, 0.25) is 0 Å². The van der Waals surface area contributed by atoms with Crippen LogP contribution in [0.25, 0.3) is 11.3 Å². The number of amidine groups is 1. The van der Waals surface area contributed by atoms with E-state index >= 15 is 0 Å². The largest absolute Gasteiger partial charge is 0.443 e. The lowest BCUT2D eigenvalue weighted by Gasteiger charge is -2.17. The molecule has 4 rings (SSSR count). The number of ether oxygens (including phenoxy) is 2. The molecule has 0 radical (unpaired) electrons. The molecule has 0 aliphatic rings. The summed E-state index contributed by atoms with van der Waals surface area (Å²) in [6.45, 7) is 6.06. The minimum atomic E-state index is -0.820. The monoisotopic (exact) mass is 667 g/mol. The molecular formula is C35H37N7O7. The molecule has 49 heavy (non-hydrogen) atoms. The second-order valence-electron chi connectivity index (χ2n) is 11.2. The summed E-state index contributed by atoms with van der Waals surface area (Å²) in [4.78, 5) is 70.5. The summed E-state index contributed by atoms with van der Waals surface area (Å²) in [6, 6.07) is 20.3. The van der Waals surface area contributed by atoms with Crippen LogP contribution in [0.4, 0.5) is 16.3 Å². The summed E-state index contributed by atoms with van der Waals surface area (Å²) in [6.07, 6.45) is 0.603. The molecule has 3 aromatic carbocycles. The number of nitrogens with zero attached hydrogens (tertiary/aromatic N) is 3. The molecule has 0 aliphatic heterocycles. The highest BCUT2D eigenvalue weighted by atomic mass is 16.5. The third-order valence-corrected chi connectivity index (χ3v) is 6.72. The molecule has 4 aromatic rings.